The molecule has 7 heteroatoms. The molecule has 0 aromatic carbocycles. The summed E-state index contributed by atoms with van der Waals surface area (Å²) < 4.78 is 0. The van der Waals surface area contributed by atoms with Crippen molar-refractivity contribution in [3.05, 3.63) is 0 Å². The van der Waals surface area contributed by atoms with Gasteiger partial charge >= 0.3 is 12.0 Å². The van der Waals surface area contributed by atoms with Gasteiger partial charge in [-0.15, -0.1) is 0 Å². The van der Waals surface area contributed by atoms with Crippen LogP contribution in [0.5, 0.6) is 0 Å². The summed E-state index contributed by atoms with van der Waals surface area (Å²) in [7, 11) is 0. The second-order valence-corrected chi connectivity index (χ2v) is 5.77. The van der Waals surface area contributed by atoms with E-state index < -0.39 is 5.97 Å². The number of hydrogen-bond donors (Lipinski definition) is 3. The Morgan fingerprint density at radius 2 is 2.00 bits per heavy atom. The number of nitrogens with one attached hydrogen (secondary N) is 2. The quantitative estimate of drug-likeness (QED) is 0.647. The summed E-state index contributed by atoms with van der Waals surface area (Å²) in [5, 5.41) is 14.3. The Kier molecular flexibility index (Phi) is 6.98. The molecule has 0 aromatic rings. The first-order valence-corrected chi connectivity index (χ1v) is 7.43. The number of carboxylic acids is 1. The van der Waals surface area contributed by atoms with Gasteiger partial charge in [0.15, 0.2) is 0 Å². The van der Waals surface area contributed by atoms with Gasteiger partial charge in [-0.2, -0.15) is 0 Å². The summed E-state index contributed by atoms with van der Waals surface area (Å²) in [6, 6.07) is -0.521. The maximum atomic E-state index is 12.0. The van der Waals surface area contributed by atoms with E-state index in [2.05, 4.69) is 10.6 Å². The first-order chi connectivity index (χ1) is 9.90. The normalized spacial score (nSPS) is 17.9. The molecule has 0 saturated carbocycles. The molecular weight excluding hydrogens is 274 g/mol. The van der Waals surface area contributed by atoms with Crippen LogP contribution >= 0.6 is 0 Å². The number of hydrogen-bond acceptors (Lipinski definition) is 3. The Labute approximate surface area is 125 Å². The van der Waals surface area contributed by atoms with Crippen molar-refractivity contribution in [3.63, 3.8) is 0 Å². The smallest absolute Gasteiger partial charge is 0.317 e. The van der Waals surface area contributed by atoms with Crippen molar-refractivity contribution in [1.29, 1.82) is 0 Å². The number of likely N-dealkylation sites (tertiary alicyclic amines) is 1. The van der Waals surface area contributed by atoms with Crippen LogP contribution in [0, 0.1) is 5.92 Å². The third-order valence-corrected chi connectivity index (χ3v) is 3.38. The van der Waals surface area contributed by atoms with Crippen LogP contribution in [0.15, 0.2) is 0 Å². The minimum absolute atomic E-state index is 0.0255. The Hall–Kier alpha value is -1.79. The number of carbonyl (C=O) groups is 3. The van der Waals surface area contributed by atoms with Gasteiger partial charge in [0.05, 0.1) is 6.42 Å². The predicted octanol–water partition coefficient (Wildman–Crippen LogP) is 0.797. The van der Waals surface area contributed by atoms with Crippen molar-refractivity contribution in [2.75, 3.05) is 19.6 Å². The number of carboxylic acid groups (broad SMARTS) is 1. The van der Waals surface area contributed by atoms with Crippen LogP contribution in [0.1, 0.15) is 39.5 Å². The number of amides is 3. The fourth-order valence-electron chi connectivity index (χ4n) is 2.31. The van der Waals surface area contributed by atoms with Crippen LogP contribution in [0.4, 0.5) is 4.79 Å². The fourth-order valence-corrected chi connectivity index (χ4v) is 2.31. The standard InChI is InChI=1S/C14H25N3O4/c1-10(2)9-16-12(18)5-6-15-14(21)17-7-3-4-11(17)8-13(19)20/h10-11H,3-9H2,1-2H3,(H,15,21)(H,16,18)(H,19,20). The van der Waals surface area contributed by atoms with E-state index in [1.807, 2.05) is 13.8 Å². The van der Waals surface area contributed by atoms with Gasteiger partial charge < -0.3 is 20.6 Å². The molecule has 1 aliphatic heterocycles. The Bertz CT molecular complexity index is 384. The summed E-state index contributed by atoms with van der Waals surface area (Å²) in [5.41, 5.74) is 0. The molecule has 1 unspecified atom stereocenters. The van der Waals surface area contributed by atoms with Crippen molar-refractivity contribution in [2.45, 2.75) is 45.6 Å². The highest BCUT2D eigenvalue weighted by Gasteiger charge is 2.30. The van der Waals surface area contributed by atoms with E-state index in [0.717, 1.165) is 6.42 Å². The fraction of sp³-hybridized carbons (Fsp3) is 0.786. The number of carbonyl (C=O) groups excluding carboxylic acids is 2. The van der Waals surface area contributed by atoms with Crippen LogP contribution in [0.2, 0.25) is 0 Å². The summed E-state index contributed by atoms with van der Waals surface area (Å²) >= 11 is 0. The lowest BCUT2D eigenvalue weighted by atomic mass is 10.1. The Morgan fingerprint density at radius 3 is 2.62 bits per heavy atom. The third kappa shape index (κ3) is 6.46. The van der Waals surface area contributed by atoms with E-state index in [4.69, 9.17) is 5.11 Å². The molecule has 0 aromatic heterocycles. The molecule has 1 atom stereocenters. The molecule has 120 valence electrons. The van der Waals surface area contributed by atoms with Gasteiger partial charge in [-0.1, -0.05) is 13.8 Å². The zero-order valence-corrected chi connectivity index (χ0v) is 12.7. The Morgan fingerprint density at radius 1 is 1.29 bits per heavy atom. The number of rotatable bonds is 7. The van der Waals surface area contributed by atoms with Crippen LogP contribution in [-0.2, 0) is 9.59 Å². The molecule has 1 saturated heterocycles. The zero-order chi connectivity index (χ0) is 15.8. The monoisotopic (exact) mass is 299 g/mol. The summed E-state index contributed by atoms with van der Waals surface area (Å²) in [4.78, 5) is 35.8. The van der Waals surface area contributed by atoms with Crippen molar-refractivity contribution < 1.29 is 19.5 Å². The molecule has 7 nitrogen and oxygen atoms in total. The second kappa shape index (κ2) is 8.49. The molecule has 1 rings (SSSR count). The van der Waals surface area contributed by atoms with Crippen molar-refractivity contribution in [1.82, 2.24) is 15.5 Å². The molecule has 0 bridgehead atoms. The largest absolute Gasteiger partial charge is 0.481 e. The topological polar surface area (TPSA) is 98.7 Å². The molecule has 1 aliphatic rings. The van der Waals surface area contributed by atoms with Crippen molar-refractivity contribution in [2.24, 2.45) is 5.92 Å². The SMILES string of the molecule is CC(C)CNC(=O)CCNC(=O)N1CCCC1CC(=O)O. The lowest BCUT2D eigenvalue weighted by Crippen LogP contribution is -2.44. The van der Waals surface area contributed by atoms with Crippen LogP contribution in [0.3, 0.4) is 0 Å². The van der Waals surface area contributed by atoms with E-state index in [9.17, 15) is 14.4 Å². The zero-order valence-electron chi connectivity index (χ0n) is 12.7. The van der Waals surface area contributed by atoms with Crippen molar-refractivity contribution in [3.8, 4) is 0 Å². The van der Waals surface area contributed by atoms with Crippen LogP contribution in [-0.4, -0.2) is 53.6 Å². The summed E-state index contributed by atoms with van der Waals surface area (Å²) in [6.45, 7) is 5.48. The van der Waals surface area contributed by atoms with Gasteiger partial charge in [-0.05, 0) is 18.8 Å². The molecule has 3 amide bonds. The van der Waals surface area contributed by atoms with E-state index in [1.165, 1.54) is 0 Å². The lowest BCUT2D eigenvalue weighted by Gasteiger charge is -2.23. The van der Waals surface area contributed by atoms with Gasteiger partial charge in [-0.25, -0.2) is 4.79 Å². The van der Waals surface area contributed by atoms with Crippen molar-refractivity contribution >= 4 is 17.9 Å². The highest BCUT2D eigenvalue weighted by molar-refractivity contribution is 5.79. The molecule has 0 aliphatic carbocycles. The summed E-state index contributed by atoms with van der Waals surface area (Å²) in [6.07, 6.45) is 1.74. The molecule has 3 N–H and O–H groups in total. The van der Waals surface area contributed by atoms with E-state index in [1.54, 1.807) is 4.90 Å². The molecular formula is C14H25N3O4. The van der Waals surface area contributed by atoms with Crippen LogP contribution in [0.25, 0.3) is 0 Å². The average molecular weight is 299 g/mol. The van der Waals surface area contributed by atoms with Crippen LogP contribution < -0.4 is 10.6 Å². The number of nitrogens with zero attached hydrogens (tertiary/aromatic N) is 1. The van der Waals surface area contributed by atoms with Gasteiger partial charge in [0.1, 0.15) is 0 Å². The van der Waals surface area contributed by atoms with E-state index in [0.29, 0.717) is 25.4 Å². The van der Waals surface area contributed by atoms with Gasteiger partial charge in [0, 0.05) is 32.1 Å². The van der Waals surface area contributed by atoms with Gasteiger partial charge in [-0.3, -0.25) is 9.59 Å². The van der Waals surface area contributed by atoms with E-state index >= 15 is 0 Å². The van der Waals surface area contributed by atoms with Gasteiger partial charge in [0.2, 0.25) is 5.91 Å². The first-order valence-electron chi connectivity index (χ1n) is 7.43. The molecule has 1 fully saturated rings. The molecule has 1 heterocycles. The molecule has 0 radical (unpaired) electrons. The maximum absolute atomic E-state index is 12.0. The predicted molar refractivity (Wildman–Crippen MR) is 77.8 cm³/mol. The third-order valence-electron chi connectivity index (χ3n) is 3.38. The first kappa shape index (κ1) is 17.3. The summed E-state index contributed by atoms with van der Waals surface area (Å²) in [5.74, 6) is -0.592. The number of urea groups is 1. The molecule has 0 spiro atoms. The maximum Gasteiger partial charge on any atom is 0.317 e. The minimum Gasteiger partial charge on any atom is -0.481 e. The highest BCUT2D eigenvalue weighted by atomic mass is 16.4. The highest BCUT2D eigenvalue weighted by Crippen LogP contribution is 2.19. The average Bonchev–Trinajstić information content (AvgIpc) is 2.83. The lowest BCUT2D eigenvalue weighted by molar-refractivity contribution is -0.138. The van der Waals surface area contributed by atoms with Gasteiger partial charge in [0.25, 0.3) is 0 Å². The van der Waals surface area contributed by atoms with E-state index in [-0.39, 0.29) is 37.4 Å². The second-order valence-electron chi connectivity index (χ2n) is 5.77. The Balaban J connectivity index is 2.26. The minimum atomic E-state index is -0.896. The number of aliphatic carboxylic acids is 1. The molecule has 21 heavy (non-hydrogen) atoms.